The van der Waals surface area contributed by atoms with Crippen molar-refractivity contribution in [1.29, 1.82) is 0 Å². The molecule has 1 aliphatic rings. The zero-order valence-corrected chi connectivity index (χ0v) is 24.5. The van der Waals surface area contributed by atoms with Crippen molar-refractivity contribution in [3.8, 4) is 5.69 Å². The predicted molar refractivity (Wildman–Crippen MR) is 158 cm³/mol. The first-order valence-electron chi connectivity index (χ1n) is 13.5. The van der Waals surface area contributed by atoms with E-state index in [-0.39, 0.29) is 18.1 Å². The lowest BCUT2D eigenvalue weighted by molar-refractivity contribution is -0.139. The van der Waals surface area contributed by atoms with Crippen LogP contribution in [0.3, 0.4) is 0 Å². The van der Waals surface area contributed by atoms with Gasteiger partial charge in [0.25, 0.3) is 5.56 Å². The number of nitrogens with zero attached hydrogens (tertiary/aromatic N) is 3. The van der Waals surface area contributed by atoms with Gasteiger partial charge in [-0.3, -0.25) is 9.36 Å². The molecule has 0 spiro atoms. The molecule has 0 unspecified atom stereocenters. The highest BCUT2D eigenvalue weighted by atomic mass is 32.1. The lowest BCUT2D eigenvalue weighted by Gasteiger charge is -2.24. The van der Waals surface area contributed by atoms with Gasteiger partial charge in [-0.05, 0) is 82.2 Å². The van der Waals surface area contributed by atoms with Crippen LogP contribution in [0.2, 0.25) is 0 Å². The van der Waals surface area contributed by atoms with Crippen LogP contribution < -0.4 is 14.9 Å². The molecule has 1 aliphatic heterocycles. The van der Waals surface area contributed by atoms with Gasteiger partial charge in [0.2, 0.25) is 0 Å². The standard InChI is InChI=1S/C32H31N3O5S/c1-6-39-30(37)23-13-15-25(16-14-23)34-19(3)17-24(21(34)5)18-26-29(36)35-28(22-11-9-8-10-12-22)27(31(38)40-7-2)20(4)33-32(35)41-26/h8-18,28H,6-7H2,1-5H3/b26-18+/t28-/m1/s1. The number of thiazole rings is 1. The number of hydrogen-bond donors (Lipinski definition) is 0. The number of allylic oxidation sites excluding steroid dienone is 1. The molecule has 0 fully saturated rings. The van der Waals surface area contributed by atoms with Crippen LogP contribution in [0.5, 0.6) is 0 Å². The molecule has 4 aromatic rings. The summed E-state index contributed by atoms with van der Waals surface area (Å²) in [5, 5.41) is 0. The van der Waals surface area contributed by atoms with E-state index in [9.17, 15) is 14.4 Å². The van der Waals surface area contributed by atoms with E-state index in [2.05, 4.69) is 9.56 Å². The highest BCUT2D eigenvalue weighted by Gasteiger charge is 2.33. The smallest absolute Gasteiger partial charge is 0.338 e. The Morgan fingerprint density at radius 1 is 0.951 bits per heavy atom. The fourth-order valence-electron chi connectivity index (χ4n) is 5.18. The summed E-state index contributed by atoms with van der Waals surface area (Å²) in [5.74, 6) is -0.833. The zero-order valence-electron chi connectivity index (χ0n) is 23.6. The highest BCUT2D eigenvalue weighted by molar-refractivity contribution is 7.07. The van der Waals surface area contributed by atoms with Crippen molar-refractivity contribution in [3.05, 3.63) is 120 Å². The van der Waals surface area contributed by atoms with E-state index in [1.807, 2.05) is 68.5 Å². The van der Waals surface area contributed by atoms with Crippen LogP contribution in [0.4, 0.5) is 0 Å². The summed E-state index contributed by atoms with van der Waals surface area (Å²) in [6, 6.07) is 18.1. The van der Waals surface area contributed by atoms with Gasteiger partial charge in [0.1, 0.15) is 0 Å². The Kier molecular flexibility index (Phi) is 7.90. The van der Waals surface area contributed by atoms with Gasteiger partial charge in [-0.25, -0.2) is 14.6 Å². The van der Waals surface area contributed by atoms with Crippen molar-refractivity contribution in [2.24, 2.45) is 4.99 Å². The van der Waals surface area contributed by atoms with Crippen molar-refractivity contribution < 1.29 is 19.1 Å². The Morgan fingerprint density at radius 3 is 2.27 bits per heavy atom. The number of ether oxygens (including phenoxy) is 2. The average molecular weight is 570 g/mol. The Balaban J connectivity index is 1.60. The van der Waals surface area contributed by atoms with E-state index in [1.54, 1.807) is 37.5 Å². The Hall–Kier alpha value is -4.50. The van der Waals surface area contributed by atoms with Crippen molar-refractivity contribution >= 4 is 29.4 Å². The molecular weight excluding hydrogens is 538 g/mol. The molecule has 210 valence electrons. The van der Waals surface area contributed by atoms with Crippen LogP contribution in [-0.4, -0.2) is 34.3 Å². The SMILES string of the molecule is CCOC(=O)C1=C(C)N=c2s/c(=C/c3cc(C)n(-c4ccc(C(=O)OCC)cc4)c3C)c(=O)n2[C@@H]1c1ccccc1. The first kappa shape index (κ1) is 28.0. The van der Waals surface area contributed by atoms with Crippen molar-refractivity contribution in [3.63, 3.8) is 0 Å². The van der Waals surface area contributed by atoms with Gasteiger partial charge in [-0.1, -0.05) is 41.7 Å². The van der Waals surface area contributed by atoms with E-state index < -0.39 is 12.0 Å². The van der Waals surface area contributed by atoms with Gasteiger partial charge in [-0.2, -0.15) is 0 Å². The quantitative estimate of drug-likeness (QED) is 0.308. The Labute approximate surface area is 241 Å². The van der Waals surface area contributed by atoms with Gasteiger partial charge in [-0.15, -0.1) is 0 Å². The molecular formula is C32H31N3O5S. The molecule has 0 saturated carbocycles. The summed E-state index contributed by atoms with van der Waals surface area (Å²) in [4.78, 5) is 44.2. The second-order valence-electron chi connectivity index (χ2n) is 9.64. The minimum Gasteiger partial charge on any atom is -0.463 e. The van der Waals surface area contributed by atoms with E-state index in [0.717, 1.165) is 28.2 Å². The Morgan fingerprint density at radius 2 is 1.61 bits per heavy atom. The number of fused-ring (bicyclic) bond motifs is 1. The van der Waals surface area contributed by atoms with Gasteiger partial charge >= 0.3 is 11.9 Å². The lowest BCUT2D eigenvalue weighted by Crippen LogP contribution is -2.39. The van der Waals surface area contributed by atoms with Crippen LogP contribution in [0.25, 0.3) is 11.8 Å². The maximum absolute atomic E-state index is 13.9. The van der Waals surface area contributed by atoms with Gasteiger partial charge in [0.15, 0.2) is 4.80 Å². The van der Waals surface area contributed by atoms with Crippen molar-refractivity contribution in [2.75, 3.05) is 13.2 Å². The number of rotatable bonds is 7. The van der Waals surface area contributed by atoms with Crippen molar-refractivity contribution in [1.82, 2.24) is 9.13 Å². The van der Waals surface area contributed by atoms with E-state index in [0.29, 0.717) is 32.8 Å². The van der Waals surface area contributed by atoms with Gasteiger partial charge < -0.3 is 14.0 Å². The van der Waals surface area contributed by atoms with Gasteiger partial charge in [0, 0.05) is 17.1 Å². The first-order chi connectivity index (χ1) is 19.7. The van der Waals surface area contributed by atoms with E-state index >= 15 is 0 Å². The number of benzene rings is 2. The average Bonchev–Trinajstić information content (AvgIpc) is 3.42. The van der Waals surface area contributed by atoms with Crippen LogP contribution in [-0.2, 0) is 14.3 Å². The molecule has 2 aromatic heterocycles. The zero-order chi connectivity index (χ0) is 29.3. The first-order valence-corrected chi connectivity index (χ1v) is 14.3. The van der Waals surface area contributed by atoms with E-state index in [4.69, 9.17) is 9.47 Å². The molecule has 41 heavy (non-hydrogen) atoms. The lowest BCUT2D eigenvalue weighted by atomic mass is 9.96. The molecule has 0 amide bonds. The number of hydrogen-bond acceptors (Lipinski definition) is 7. The maximum Gasteiger partial charge on any atom is 0.338 e. The number of esters is 2. The number of carbonyl (C=O) groups excluding carboxylic acids is 2. The van der Waals surface area contributed by atoms with Crippen LogP contribution in [0.15, 0.2) is 81.7 Å². The summed E-state index contributed by atoms with van der Waals surface area (Å²) in [6.45, 7) is 9.84. The third-order valence-electron chi connectivity index (χ3n) is 7.03. The largest absolute Gasteiger partial charge is 0.463 e. The topological polar surface area (TPSA) is 91.9 Å². The molecule has 0 saturated heterocycles. The molecule has 8 nitrogen and oxygen atoms in total. The highest BCUT2D eigenvalue weighted by Crippen LogP contribution is 2.30. The molecule has 2 aromatic carbocycles. The normalized spacial score (nSPS) is 15.0. The van der Waals surface area contributed by atoms with Crippen LogP contribution in [0, 0.1) is 13.8 Å². The molecule has 0 radical (unpaired) electrons. The third kappa shape index (κ3) is 5.20. The minimum atomic E-state index is -0.640. The second kappa shape index (κ2) is 11.5. The molecule has 3 heterocycles. The summed E-state index contributed by atoms with van der Waals surface area (Å²) < 4.78 is 14.6. The number of aromatic nitrogens is 2. The summed E-state index contributed by atoms with van der Waals surface area (Å²) in [5.41, 5.74) is 5.68. The second-order valence-corrected chi connectivity index (χ2v) is 10.7. The fourth-order valence-corrected chi connectivity index (χ4v) is 6.21. The van der Waals surface area contributed by atoms with E-state index in [1.165, 1.54) is 11.3 Å². The molecule has 5 rings (SSSR count). The van der Waals surface area contributed by atoms with Crippen LogP contribution >= 0.6 is 11.3 Å². The number of carbonyl (C=O) groups is 2. The summed E-state index contributed by atoms with van der Waals surface area (Å²) in [6.07, 6.45) is 1.88. The van der Waals surface area contributed by atoms with Crippen molar-refractivity contribution in [2.45, 2.75) is 40.7 Å². The molecule has 0 aliphatic carbocycles. The molecule has 1 atom stereocenters. The summed E-state index contributed by atoms with van der Waals surface area (Å²) >= 11 is 1.30. The molecule has 9 heteroatoms. The molecule has 0 bridgehead atoms. The third-order valence-corrected chi connectivity index (χ3v) is 8.01. The maximum atomic E-state index is 13.9. The van der Waals surface area contributed by atoms with Crippen LogP contribution in [0.1, 0.15) is 59.7 Å². The Bertz CT molecular complexity index is 1840. The number of aryl methyl sites for hydroxylation is 1. The molecule has 0 N–H and O–H groups in total. The summed E-state index contributed by atoms with van der Waals surface area (Å²) in [7, 11) is 0. The predicted octanol–water partition coefficient (Wildman–Crippen LogP) is 4.38. The monoisotopic (exact) mass is 569 g/mol. The minimum absolute atomic E-state index is 0.222. The fraction of sp³-hybridized carbons (Fsp3) is 0.250. The van der Waals surface area contributed by atoms with Gasteiger partial charge in [0.05, 0.1) is 40.6 Å².